The van der Waals surface area contributed by atoms with Crippen LogP contribution in [-0.4, -0.2) is 68.8 Å². The van der Waals surface area contributed by atoms with Gasteiger partial charge in [0, 0.05) is 45.0 Å². The number of ether oxygens (including phenoxy) is 1. The molecular weight excluding hydrogens is 535 g/mol. The largest absolute Gasteiger partial charge is 0.497 e. The molecule has 1 unspecified atom stereocenters. The van der Waals surface area contributed by atoms with Gasteiger partial charge in [-0.3, -0.25) is 9.59 Å². The summed E-state index contributed by atoms with van der Waals surface area (Å²) in [5.74, 6) is -1.25. The lowest BCUT2D eigenvalue weighted by molar-refractivity contribution is -0.261. The zero-order valence-corrected chi connectivity index (χ0v) is 22.9. The van der Waals surface area contributed by atoms with Crippen LogP contribution in [0, 0.1) is 11.3 Å². The fourth-order valence-corrected chi connectivity index (χ4v) is 5.93. The maximum Gasteiger partial charge on any atom is 0.430 e. The van der Waals surface area contributed by atoms with Crippen molar-refractivity contribution < 1.29 is 32.6 Å². The number of carbonyl (C=O) groups excluding carboxylic acids is 2. The number of alkyl halides is 3. The van der Waals surface area contributed by atoms with Gasteiger partial charge in [0.1, 0.15) is 5.75 Å². The minimum Gasteiger partial charge on any atom is -0.497 e. The summed E-state index contributed by atoms with van der Waals surface area (Å²) in [5, 5.41) is 13.7. The molecule has 212 valence electrons. The van der Waals surface area contributed by atoms with Crippen molar-refractivity contribution in [1.82, 2.24) is 10.2 Å². The van der Waals surface area contributed by atoms with Gasteiger partial charge < -0.3 is 25.0 Å². The van der Waals surface area contributed by atoms with Gasteiger partial charge in [0.05, 0.1) is 17.7 Å². The minimum absolute atomic E-state index is 0.105. The summed E-state index contributed by atoms with van der Waals surface area (Å²) in [5.41, 5.74) is -2.78. The molecule has 1 saturated heterocycles. The zero-order valence-electron chi connectivity index (χ0n) is 22.1. The number of hydrogen-bond acceptors (Lipinski definition) is 5. The highest BCUT2D eigenvalue weighted by atomic mass is 35.5. The molecule has 2 fully saturated rings. The normalized spacial score (nSPS) is 19.8. The van der Waals surface area contributed by atoms with E-state index in [9.17, 15) is 27.9 Å². The highest BCUT2D eigenvalue weighted by Crippen LogP contribution is 2.61. The molecule has 2 aliphatic rings. The Bertz CT molecular complexity index is 1230. The van der Waals surface area contributed by atoms with E-state index in [2.05, 4.69) is 10.2 Å². The smallest absolute Gasteiger partial charge is 0.430 e. The van der Waals surface area contributed by atoms with Crippen LogP contribution in [0.2, 0.25) is 5.02 Å². The summed E-state index contributed by atoms with van der Waals surface area (Å²) in [6.45, 7) is 1.70. The van der Waals surface area contributed by atoms with E-state index < -0.39 is 23.2 Å². The summed E-state index contributed by atoms with van der Waals surface area (Å²) in [4.78, 5) is 28.1. The molecule has 1 spiro atoms. The predicted molar refractivity (Wildman–Crippen MR) is 142 cm³/mol. The van der Waals surface area contributed by atoms with Gasteiger partial charge in [-0.15, -0.1) is 0 Å². The van der Waals surface area contributed by atoms with Crippen molar-refractivity contribution >= 4 is 29.1 Å². The topological polar surface area (TPSA) is 82.1 Å². The highest BCUT2D eigenvalue weighted by Gasteiger charge is 2.62. The molecule has 2 aromatic carbocycles. The molecule has 1 aliphatic carbocycles. The van der Waals surface area contributed by atoms with Crippen molar-refractivity contribution in [3.63, 3.8) is 0 Å². The van der Waals surface area contributed by atoms with Gasteiger partial charge in [-0.2, -0.15) is 13.2 Å². The Morgan fingerprint density at radius 3 is 2.49 bits per heavy atom. The van der Waals surface area contributed by atoms with E-state index in [0.29, 0.717) is 22.9 Å². The standard InChI is InChI=1S/C28H33ClF3N3O4/c1-33-24(36)22-8-7-20(16-23(22)29)35-13-10-26(11-14-35)17-19(26)9-12-34(2)25(37)27(38,28(30,31)32)18-5-4-6-21(15-18)39-3/h4-8,15-16,19,38H,9-14,17H2,1-3H3,(H,33,36)/t19-,27?/m0/s1. The second kappa shape index (κ2) is 10.9. The molecule has 11 heteroatoms. The van der Waals surface area contributed by atoms with E-state index in [-0.39, 0.29) is 23.6 Å². The van der Waals surface area contributed by atoms with Crippen LogP contribution >= 0.6 is 11.6 Å². The van der Waals surface area contributed by atoms with Crippen LogP contribution in [0.3, 0.4) is 0 Å². The lowest BCUT2D eigenvalue weighted by Gasteiger charge is -2.35. The molecule has 2 N–H and O–H groups in total. The molecule has 0 bridgehead atoms. The van der Waals surface area contributed by atoms with E-state index in [1.807, 2.05) is 6.07 Å². The van der Waals surface area contributed by atoms with Crippen molar-refractivity contribution in [2.24, 2.45) is 11.3 Å². The van der Waals surface area contributed by atoms with E-state index in [1.54, 1.807) is 19.2 Å². The van der Waals surface area contributed by atoms with Crippen LogP contribution in [0.1, 0.15) is 41.6 Å². The van der Waals surface area contributed by atoms with Gasteiger partial charge in [-0.05, 0) is 67.3 Å². The number of anilines is 1. The number of hydrogen-bond donors (Lipinski definition) is 2. The molecule has 7 nitrogen and oxygen atoms in total. The Morgan fingerprint density at radius 2 is 1.90 bits per heavy atom. The van der Waals surface area contributed by atoms with E-state index in [4.69, 9.17) is 16.3 Å². The van der Waals surface area contributed by atoms with Gasteiger partial charge in [-0.25, -0.2) is 0 Å². The quantitative estimate of drug-likeness (QED) is 0.487. The number of aliphatic hydroxyl groups is 1. The van der Waals surface area contributed by atoms with Crippen molar-refractivity contribution in [2.75, 3.05) is 45.7 Å². The van der Waals surface area contributed by atoms with Crippen molar-refractivity contribution in [2.45, 2.75) is 37.5 Å². The summed E-state index contributed by atoms with van der Waals surface area (Å²) >= 11 is 6.31. The minimum atomic E-state index is -5.21. The highest BCUT2D eigenvalue weighted by molar-refractivity contribution is 6.34. The maximum atomic E-state index is 14.0. The second-order valence-corrected chi connectivity index (χ2v) is 10.9. The number of halogens is 4. The number of likely N-dealkylation sites (N-methyl/N-ethyl adjacent to an activating group) is 1. The number of benzene rings is 2. The Kier molecular flexibility index (Phi) is 8.10. The maximum absolute atomic E-state index is 14.0. The SMILES string of the molecule is CNC(=O)c1ccc(N2CCC3(CC2)C[C@@H]3CCN(C)C(=O)C(O)(c2cccc(OC)c2)C(F)(F)F)cc1Cl. The number of methoxy groups -OCH3 is 1. The number of nitrogens with zero attached hydrogens (tertiary/aromatic N) is 2. The number of piperidine rings is 1. The van der Waals surface area contributed by atoms with Gasteiger partial charge in [0.2, 0.25) is 0 Å². The molecule has 2 amide bonds. The van der Waals surface area contributed by atoms with Crippen LogP contribution < -0.4 is 15.0 Å². The Morgan fingerprint density at radius 1 is 1.21 bits per heavy atom. The monoisotopic (exact) mass is 567 g/mol. The summed E-state index contributed by atoms with van der Waals surface area (Å²) in [6.07, 6.45) is -1.86. The van der Waals surface area contributed by atoms with Gasteiger partial charge >= 0.3 is 6.18 Å². The molecule has 1 heterocycles. The third-order valence-corrected chi connectivity index (χ3v) is 8.59. The number of nitrogens with one attached hydrogen (secondary N) is 1. The fraction of sp³-hybridized carbons (Fsp3) is 0.500. The first-order valence-corrected chi connectivity index (χ1v) is 13.2. The molecule has 4 rings (SSSR count). The second-order valence-electron chi connectivity index (χ2n) is 10.4. The van der Waals surface area contributed by atoms with Gasteiger partial charge in [-0.1, -0.05) is 23.7 Å². The van der Waals surface area contributed by atoms with Crippen LogP contribution in [0.5, 0.6) is 5.75 Å². The number of carbonyl (C=O) groups is 2. The summed E-state index contributed by atoms with van der Waals surface area (Å²) < 4.78 is 47.1. The van der Waals surface area contributed by atoms with Crippen LogP contribution in [0.25, 0.3) is 0 Å². The third kappa shape index (κ3) is 5.54. The molecule has 1 saturated carbocycles. The van der Waals surface area contributed by atoms with E-state index in [0.717, 1.165) is 55.1 Å². The third-order valence-electron chi connectivity index (χ3n) is 8.27. The lowest BCUT2D eigenvalue weighted by Crippen LogP contribution is -2.55. The Hall–Kier alpha value is -2.98. The predicted octanol–water partition coefficient (Wildman–Crippen LogP) is 4.61. The molecule has 0 aromatic heterocycles. The molecule has 39 heavy (non-hydrogen) atoms. The van der Waals surface area contributed by atoms with Gasteiger partial charge in [0.15, 0.2) is 0 Å². The Labute approximate surface area is 230 Å². The average Bonchev–Trinajstić information content (AvgIpc) is 3.60. The molecular formula is C28H33ClF3N3O4. The first-order chi connectivity index (χ1) is 18.4. The zero-order chi connectivity index (χ0) is 28.6. The first kappa shape index (κ1) is 29.0. The van der Waals surface area contributed by atoms with E-state index in [1.165, 1.54) is 26.3 Å². The van der Waals surface area contributed by atoms with Crippen LogP contribution in [-0.2, 0) is 10.4 Å². The van der Waals surface area contributed by atoms with Crippen molar-refractivity contribution in [3.8, 4) is 5.75 Å². The number of amides is 2. The molecule has 0 radical (unpaired) electrons. The van der Waals surface area contributed by atoms with Crippen LogP contribution in [0.4, 0.5) is 18.9 Å². The molecule has 1 aliphatic heterocycles. The van der Waals surface area contributed by atoms with Crippen molar-refractivity contribution in [3.05, 3.63) is 58.6 Å². The molecule has 2 aromatic rings. The van der Waals surface area contributed by atoms with Crippen molar-refractivity contribution in [1.29, 1.82) is 0 Å². The average molecular weight is 568 g/mol. The van der Waals surface area contributed by atoms with Crippen LogP contribution in [0.15, 0.2) is 42.5 Å². The summed E-state index contributed by atoms with van der Waals surface area (Å²) in [6, 6.07) is 10.2. The van der Waals surface area contributed by atoms with E-state index >= 15 is 0 Å². The lowest BCUT2D eigenvalue weighted by atomic mass is 9.89. The first-order valence-electron chi connectivity index (χ1n) is 12.8. The number of rotatable bonds is 8. The molecule has 2 atom stereocenters. The fourth-order valence-electron chi connectivity index (χ4n) is 5.67. The summed E-state index contributed by atoms with van der Waals surface area (Å²) in [7, 11) is 4.14. The van der Waals surface area contributed by atoms with Gasteiger partial charge in [0.25, 0.3) is 17.4 Å². The Balaban J connectivity index is 1.35.